The van der Waals surface area contributed by atoms with E-state index in [1.165, 1.54) is 11.1 Å². The zero-order valence-corrected chi connectivity index (χ0v) is 18.1. The van der Waals surface area contributed by atoms with Gasteiger partial charge in [0.25, 0.3) is 0 Å². The molecule has 1 aliphatic heterocycles. The highest BCUT2D eigenvalue weighted by Crippen LogP contribution is 2.32. The van der Waals surface area contributed by atoms with E-state index in [4.69, 9.17) is 0 Å². The summed E-state index contributed by atoms with van der Waals surface area (Å²) in [6, 6.07) is 6.22. The Morgan fingerprint density at radius 3 is 2.22 bits per heavy atom. The number of amides is 1. The number of hydrogen-bond acceptors (Lipinski definition) is 4. The standard InChI is InChI=1S/C21H34N2O3S/c1-6-23(17-11-13-27(25,26)14-17)20(24)10-12-22-21-18(15(2)3)8-7-9-19(21)16(4)5/h7-9,15-17,22H,6,10-14H2,1-5H3. The third kappa shape index (κ3) is 5.47. The molecule has 0 aliphatic carbocycles. The predicted octanol–water partition coefficient (Wildman–Crippen LogP) is 3.77. The van der Waals surface area contributed by atoms with Gasteiger partial charge in [-0.1, -0.05) is 45.9 Å². The van der Waals surface area contributed by atoms with Crippen LogP contribution in [0.5, 0.6) is 0 Å². The average molecular weight is 395 g/mol. The van der Waals surface area contributed by atoms with Crippen LogP contribution in [-0.2, 0) is 14.6 Å². The van der Waals surface area contributed by atoms with Gasteiger partial charge in [0, 0.05) is 31.2 Å². The van der Waals surface area contributed by atoms with Crippen molar-refractivity contribution >= 4 is 21.4 Å². The predicted molar refractivity (Wildman–Crippen MR) is 112 cm³/mol. The smallest absolute Gasteiger partial charge is 0.224 e. The van der Waals surface area contributed by atoms with Gasteiger partial charge in [0.15, 0.2) is 9.84 Å². The van der Waals surface area contributed by atoms with Crippen LogP contribution in [0.25, 0.3) is 0 Å². The highest BCUT2D eigenvalue weighted by molar-refractivity contribution is 7.91. The molecular formula is C21H34N2O3S. The van der Waals surface area contributed by atoms with Gasteiger partial charge in [0.2, 0.25) is 5.91 Å². The summed E-state index contributed by atoms with van der Waals surface area (Å²) >= 11 is 0. The van der Waals surface area contributed by atoms with Crippen LogP contribution in [0.3, 0.4) is 0 Å². The fraction of sp³-hybridized carbons (Fsp3) is 0.667. The number of sulfone groups is 1. The Labute approximate surface area is 164 Å². The highest BCUT2D eigenvalue weighted by atomic mass is 32.2. The molecule has 1 saturated heterocycles. The minimum Gasteiger partial charge on any atom is -0.384 e. The number of carbonyl (C=O) groups excluding carboxylic acids is 1. The van der Waals surface area contributed by atoms with Gasteiger partial charge in [-0.25, -0.2) is 8.42 Å². The van der Waals surface area contributed by atoms with Crippen molar-refractivity contribution in [3.05, 3.63) is 29.3 Å². The Balaban J connectivity index is 2.04. The SMILES string of the molecule is CCN(C(=O)CCNc1c(C(C)C)cccc1C(C)C)C1CCS(=O)(=O)C1. The average Bonchev–Trinajstić information content (AvgIpc) is 2.94. The number of para-hydroxylation sites is 1. The molecule has 0 spiro atoms. The second-order valence-corrected chi connectivity index (χ2v) is 10.3. The zero-order chi connectivity index (χ0) is 20.2. The van der Waals surface area contributed by atoms with Crippen LogP contribution in [0, 0.1) is 0 Å². The van der Waals surface area contributed by atoms with Crippen molar-refractivity contribution in [1.82, 2.24) is 4.90 Å². The van der Waals surface area contributed by atoms with Gasteiger partial charge < -0.3 is 10.2 Å². The zero-order valence-electron chi connectivity index (χ0n) is 17.3. The van der Waals surface area contributed by atoms with Gasteiger partial charge in [0.1, 0.15) is 0 Å². The van der Waals surface area contributed by atoms with E-state index < -0.39 is 9.84 Å². The van der Waals surface area contributed by atoms with Crippen molar-refractivity contribution in [1.29, 1.82) is 0 Å². The summed E-state index contributed by atoms with van der Waals surface area (Å²) in [6.45, 7) is 11.7. The van der Waals surface area contributed by atoms with E-state index in [1.54, 1.807) is 4.90 Å². The fourth-order valence-electron chi connectivity index (χ4n) is 3.85. The van der Waals surface area contributed by atoms with Crippen LogP contribution in [-0.4, -0.2) is 49.9 Å². The number of benzene rings is 1. The molecule has 0 radical (unpaired) electrons. The molecule has 1 amide bonds. The second-order valence-electron chi connectivity index (χ2n) is 8.03. The van der Waals surface area contributed by atoms with Gasteiger partial charge in [-0.3, -0.25) is 4.79 Å². The van der Waals surface area contributed by atoms with Gasteiger partial charge in [0.05, 0.1) is 11.5 Å². The molecule has 152 valence electrons. The first kappa shape index (κ1) is 21.7. The van der Waals surface area contributed by atoms with Gasteiger partial charge in [-0.15, -0.1) is 0 Å². The van der Waals surface area contributed by atoms with E-state index in [-0.39, 0.29) is 23.5 Å². The Hall–Kier alpha value is -1.56. The van der Waals surface area contributed by atoms with Crippen LogP contribution < -0.4 is 5.32 Å². The minimum atomic E-state index is -2.99. The van der Waals surface area contributed by atoms with Crippen molar-refractivity contribution in [2.75, 3.05) is 29.9 Å². The van der Waals surface area contributed by atoms with Crippen molar-refractivity contribution in [2.45, 2.75) is 65.3 Å². The minimum absolute atomic E-state index is 0.0280. The van der Waals surface area contributed by atoms with Crippen molar-refractivity contribution in [2.24, 2.45) is 0 Å². The third-order valence-electron chi connectivity index (χ3n) is 5.32. The highest BCUT2D eigenvalue weighted by Gasteiger charge is 2.33. The van der Waals surface area contributed by atoms with E-state index >= 15 is 0 Å². The molecule has 5 nitrogen and oxygen atoms in total. The summed E-state index contributed by atoms with van der Waals surface area (Å²) in [4.78, 5) is 14.4. The second kappa shape index (κ2) is 9.09. The Bertz CT molecular complexity index is 730. The Morgan fingerprint density at radius 2 is 1.78 bits per heavy atom. The first-order chi connectivity index (χ1) is 12.7. The lowest BCUT2D eigenvalue weighted by Crippen LogP contribution is -2.41. The van der Waals surface area contributed by atoms with E-state index in [9.17, 15) is 13.2 Å². The van der Waals surface area contributed by atoms with Crippen LogP contribution in [0.2, 0.25) is 0 Å². The molecule has 1 aromatic carbocycles. The monoisotopic (exact) mass is 394 g/mol. The third-order valence-corrected chi connectivity index (χ3v) is 7.07. The quantitative estimate of drug-likeness (QED) is 0.729. The summed E-state index contributed by atoms with van der Waals surface area (Å²) in [7, 11) is -2.99. The van der Waals surface area contributed by atoms with E-state index in [1.807, 2.05) is 6.92 Å². The van der Waals surface area contributed by atoms with E-state index in [2.05, 4.69) is 51.2 Å². The molecule has 1 heterocycles. The first-order valence-electron chi connectivity index (χ1n) is 10.0. The summed E-state index contributed by atoms with van der Waals surface area (Å²) < 4.78 is 23.5. The molecule has 6 heteroatoms. The van der Waals surface area contributed by atoms with Gasteiger partial charge in [-0.2, -0.15) is 0 Å². The number of nitrogens with one attached hydrogen (secondary N) is 1. The number of nitrogens with zero attached hydrogens (tertiary/aromatic N) is 1. The molecule has 1 N–H and O–H groups in total. The van der Waals surface area contributed by atoms with Crippen LogP contribution in [0.4, 0.5) is 5.69 Å². The summed E-state index contributed by atoms with van der Waals surface area (Å²) in [5.41, 5.74) is 3.67. The lowest BCUT2D eigenvalue weighted by Gasteiger charge is -2.27. The Morgan fingerprint density at radius 1 is 1.19 bits per heavy atom. The van der Waals surface area contributed by atoms with Crippen molar-refractivity contribution < 1.29 is 13.2 Å². The number of rotatable bonds is 8. The van der Waals surface area contributed by atoms with Gasteiger partial charge in [-0.05, 0) is 36.3 Å². The molecule has 1 atom stereocenters. The topological polar surface area (TPSA) is 66.5 Å². The maximum Gasteiger partial charge on any atom is 0.224 e. The van der Waals surface area contributed by atoms with Crippen LogP contribution in [0.1, 0.15) is 70.4 Å². The summed E-state index contributed by atoms with van der Waals surface area (Å²) in [6.07, 6.45) is 0.928. The molecule has 1 aliphatic rings. The molecule has 1 fully saturated rings. The number of anilines is 1. The molecule has 2 rings (SSSR count). The molecule has 27 heavy (non-hydrogen) atoms. The number of hydrogen-bond donors (Lipinski definition) is 1. The van der Waals surface area contributed by atoms with Crippen molar-refractivity contribution in [3.63, 3.8) is 0 Å². The first-order valence-corrected chi connectivity index (χ1v) is 11.8. The van der Waals surface area contributed by atoms with Crippen molar-refractivity contribution in [3.8, 4) is 0 Å². The lowest BCUT2D eigenvalue weighted by atomic mass is 9.92. The molecule has 0 bridgehead atoms. The molecule has 1 unspecified atom stereocenters. The van der Waals surface area contributed by atoms with Crippen LogP contribution in [0.15, 0.2) is 18.2 Å². The van der Waals surface area contributed by atoms with E-state index in [0.29, 0.717) is 37.8 Å². The maximum atomic E-state index is 12.7. The molecule has 0 aromatic heterocycles. The summed E-state index contributed by atoms with van der Waals surface area (Å²) in [5, 5.41) is 3.50. The molecule has 1 aromatic rings. The van der Waals surface area contributed by atoms with E-state index in [0.717, 1.165) is 5.69 Å². The largest absolute Gasteiger partial charge is 0.384 e. The normalized spacial score (nSPS) is 18.9. The molecule has 0 saturated carbocycles. The summed E-state index contributed by atoms with van der Waals surface area (Å²) in [5.74, 6) is 1.13. The van der Waals surface area contributed by atoms with Gasteiger partial charge >= 0.3 is 0 Å². The number of carbonyl (C=O) groups is 1. The molecular weight excluding hydrogens is 360 g/mol. The van der Waals surface area contributed by atoms with Crippen LogP contribution >= 0.6 is 0 Å². The Kier molecular flexibility index (Phi) is 7.32. The lowest BCUT2D eigenvalue weighted by molar-refractivity contribution is -0.132. The maximum absolute atomic E-state index is 12.7. The fourth-order valence-corrected chi connectivity index (χ4v) is 5.58.